The lowest BCUT2D eigenvalue weighted by Gasteiger charge is -2.04. The summed E-state index contributed by atoms with van der Waals surface area (Å²) >= 11 is 1.60. The molecule has 0 bridgehead atoms. The molecule has 2 aromatic rings. The summed E-state index contributed by atoms with van der Waals surface area (Å²) in [6.45, 7) is 2.59. The summed E-state index contributed by atoms with van der Waals surface area (Å²) in [6, 6.07) is 7.77. The Balaban J connectivity index is 1.89. The summed E-state index contributed by atoms with van der Waals surface area (Å²) < 4.78 is 5.41. The molecule has 0 saturated carbocycles. The van der Waals surface area contributed by atoms with Crippen molar-refractivity contribution in [2.45, 2.75) is 25.7 Å². The van der Waals surface area contributed by atoms with Crippen molar-refractivity contribution < 1.29 is 14.6 Å². The molecule has 3 rings (SSSR count). The van der Waals surface area contributed by atoms with Gasteiger partial charge in [0, 0.05) is 10.4 Å². The molecule has 0 saturated heterocycles. The van der Waals surface area contributed by atoms with Crippen LogP contribution >= 0.6 is 11.3 Å². The molecule has 1 atom stereocenters. The van der Waals surface area contributed by atoms with E-state index in [1.165, 1.54) is 0 Å². The van der Waals surface area contributed by atoms with Gasteiger partial charge in [0.15, 0.2) is 0 Å². The number of hydrogen-bond acceptors (Lipinski definition) is 4. The third-order valence-electron chi connectivity index (χ3n) is 3.43. The number of carboxylic acid groups (broad SMARTS) is 1. The molecule has 1 aliphatic rings. The van der Waals surface area contributed by atoms with Crippen LogP contribution in [0.15, 0.2) is 24.3 Å². The molecule has 1 aliphatic carbocycles. The Morgan fingerprint density at radius 2 is 2.20 bits per heavy atom. The van der Waals surface area contributed by atoms with Crippen LogP contribution in [0.1, 0.15) is 29.8 Å². The van der Waals surface area contributed by atoms with Crippen molar-refractivity contribution in [3.8, 4) is 16.3 Å². The van der Waals surface area contributed by atoms with Gasteiger partial charge in [0.05, 0.1) is 12.3 Å². The maximum Gasteiger partial charge on any atom is 0.312 e. The monoisotopic (exact) mass is 289 g/mol. The molecule has 5 heteroatoms. The number of carbonyl (C=O) groups is 1. The van der Waals surface area contributed by atoms with Crippen molar-refractivity contribution in [2.24, 2.45) is 0 Å². The molecule has 0 fully saturated rings. The minimum atomic E-state index is -0.771. The van der Waals surface area contributed by atoms with Crippen molar-refractivity contribution in [3.63, 3.8) is 0 Å². The zero-order chi connectivity index (χ0) is 14.1. The average molecular weight is 289 g/mol. The maximum atomic E-state index is 11.2. The summed E-state index contributed by atoms with van der Waals surface area (Å²) in [4.78, 5) is 16.8. The minimum Gasteiger partial charge on any atom is -0.494 e. The fourth-order valence-corrected chi connectivity index (χ4v) is 3.60. The van der Waals surface area contributed by atoms with Gasteiger partial charge in [-0.25, -0.2) is 4.98 Å². The molecule has 104 valence electrons. The number of carboxylic acids is 1. The van der Waals surface area contributed by atoms with Crippen LogP contribution in [0.4, 0.5) is 0 Å². The number of aryl methyl sites for hydroxylation is 1. The predicted octanol–water partition coefficient (Wildman–Crippen LogP) is 3.32. The summed E-state index contributed by atoms with van der Waals surface area (Å²) in [7, 11) is 0. The first-order valence-corrected chi connectivity index (χ1v) is 7.46. The van der Waals surface area contributed by atoms with Crippen LogP contribution in [0.5, 0.6) is 5.75 Å². The third-order valence-corrected chi connectivity index (χ3v) is 4.61. The van der Waals surface area contributed by atoms with Crippen molar-refractivity contribution in [1.29, 1.82) is 0 Å². The third kappa shape index (κ3) is 2.29. The van der Waals surface area contributed by atoms with Crippen molar-refractivity contribution in [2.75, 3.05) is 6.61 Å². The highest BCUT2D eigenvalue weighted by atomic mass is 32.1. The largest absolute Gasteiger partial charge is 0.494 e. The van der Waals surface area contributed by atoms with Crippen molar-refractivity contribution in [1.82, 2.24) is 4.98 Å². The van der Waals surface area contributed by atoms with E-state index >= 15 is 0 Å². The van der Waals surface area contributed by atoms with E-state index < -0.39 is 11.9 Å². The van der Waals surface area contributed by atoms with Crippen LogP contribution < -0.4 is 4.74 Å². The van der Waals surface area contributed by atoms with Gasteiger partial charge in [0.25, 0.3) is 0 Å². The van der Waals surface area contributed by atoms with E-state index in [9.17, 15) is 9.90 Å². The maximum absolute atomic E-state index is 11.2. The highest BCUT2D eigenvalue weighted by Gasteiger charge is 2.32. The second kappa shape index (κ2) is 5.25. The molecule has 1 aromatic heterocycles. The highest BCUT2D eigenvalue weighted by molar-refractivity contribution is 7.15. The first kappa shape index (κ1) is 13.1. The zero-order valence-electron chi connectivity index (χ0n) is 11.1. The van der Waals surface area contributed by atoms with Gasteiger partial charge in [0.1, 0.15) is 16.7 Å². The Hall–Kier alpha value is -1.88. The molecular weight excluding hydrogens is 274 g/mol. The Morgan fingerprint density at radius 3 is 2.85 bits per heavy atom. The van der Waals surface area contributed by atoms with Crippen LogP contribution in [0.2, 0.25) is 0 Å². The SMILES string of the molecule is CCOc1ccc(-c2nc3c(s2)CCC3C(=O)O)cc1. The summed E-state index contributed by atoms with van der Waals surface area (Å²) in [5.74, 6) is -0.367. The second-order valence-electron chi connectivity index (χ2n) is 4.71. The fourth-order valence-electron chi connectivity index (χ4n) is 2.45. The molecule has 1 heterocycles. The lowest BCUT2D eigenvalue weighted by Crippen LogP contribution is -2.08. The number of fused-ring (bicyclic) bond motifs is 1. The van der Waals surface area contributed by atoms with Crippen LogP contribution in [-0.4, -0.2) is 22.7 Å². The van der Waals surface area contributed by atoms with Gasteiger partial charge in [-0.3, -0.25) is 4.79 Å². The summed E-state index contributed by atoms with van der Waals surface area (Å²) in [5, 5.41) is 10.1. The van der Waals surface area contributed by atoms with Gasteiger partial charge >= 0.3 is 5.97 Å². The van der Waals surface area contributed by atoms with Crippen LogP contribution in [0, 0.1) is 0 Å². The van der Waals surface area contributed by atoms with Gasteiger partial charge in [-0.15, -0.1) is 11.3 Å². The number of rotatable bonds is 4. The van der Waals surface area contributed by atoms with E-state index in [1.54, 1.807) is 11.3 Å². The normalized spacial score (nSPS) is 16.9. The first-order valence-electron chi connectivity index (χ1n) is 6.64. The zero-order valence-corrected chi connectivity index (χ0v) is 11.9. The lowest BCUT2D eigenvalue weighted by atomic mass is 10.1. The molecule has 1 aromatic carbocycles. The molecule has 4 nitrogen and oxygen atoms in total. The molecule has 0 spiro atoms. The van der Waals surface area contributed by atoms with E-state index in [0.29, 0.717) is 13.0 Å². The van der Waals surface area contributed by atoms with E-state index in [-0.39, 0.29) is 0 Å². The lowest BCUT2D eigenvalue weighted by molar-refractivity contribution is -0.138. The van der Waals surface area contributed by atoms with E-state index in [2.05, 4.69) is 4.98 Å². The topological polar surface area (TPSA) is 59.4 Å². The Kier molecular flexibility index (Phi) is 3.44. The van der Waals surface area contributed by atoms with E-state index in [4.69, 9.17) is 4.74 Å². The smallest absolute Gasteiger partial charge is 0.312 e. The molecule has 1 unspecified atom stereocenters. The van der Waals surface area contributed by atoms with Gasteiger partial charge in [-0.05, 0) is 44.0 Å². The van der Waals surface area contributed by atoms with Crippen LogP contribution in [0.25, 0.3) is 10.6 Å². The number of ether oxygens (including phenoxy) is 1. The number of hydrogen-bond donors (Lipinski definition) is 1. The average Bonchev–Trinajstić information content (AvgIpc) is 2.99. The van der Waals surface area contributed by atoms with Crippen molar-refractivity contribution >= 4 is 17.3 Å². The van der Waals surface area contributed by atoms with E-state index in [1.807, 2.05) is 31.2 Å². The fraction of sp³-hybridized carbons (Fsp3) is 0.333. The number of aromatic nitrogens is 1. The van der Waals surface area contributed by atoms with Gasteiger partial charge < -0.3 is 9.84 Å². The minimum absolute atomic E-state index is 0.433. The van der Waals surface area contributed by atoms with Crippen molar-refractivity contribution in [3.05, 3.63) is 34.8 Å². The molecular formula is C15H15NO3S. The molecule has 0 aliphatic heterocycles. The first-order chi connectivity index (χ1) is 9.69. The number of nitrogens with zero attached hydrogens (tertiary/aromatic N) is 1. The molecule has 20 heavy (non-hydrogen) atoms. The molecule has 0 radical (unpaired) electrons. The van der Waals surface area contributed by atoms with Gasteiger partial charge in [0.2, 0.25) is 0 Å². The van der Waals surface area contributed by atoms with Gasteiger partial charge in [-0.2, -0.15) is 0 Å². The standard InChI is InChI=1S/C15H15NO3S/c1-2-19-10-5-3-9(4-6-10)14-16-13-11(15(17)18)7-8-12(13)20-14/h3-6,11H,2,7-8H2,1H3,(H,17,18). The number of thiazole rings is 1. The summed E-state index contributed by atoms with van der Waals surface area (Å²) in [6.07, 6.45) is 1.49. The summed E-state index contributed by atoms with van der Waals surface area (Å²) in [5.41, 5.74) is 1.77. The molecule has 1 N–H and O–H groups in total. The number of benzene rings is 1. The molecule has 0 amide bonds. The predicted molar refractivity (Wildman–Crippen MR) is 77.4 cm³/mol. The quantitative estimate of drug-likeness (QED) is 0.938. The second-order valence-corrected chi connectivity index (χ2v) is 5.80. The number of aliphatic carboxylic acids is 1. The Labute approximate surface area is 121 Å². The van der Waals surface area contributed by atoms with Crippen LogP contribution in [-0.2, 0) is 11.2 Å². The van der Waals surface area contributed by atoms with Gasteiger partial charge in [-0.1, -0.05) is 0 Å². The Bertz CT molecular complexity index is 633. The Morgan fingerprint density at radius 1 is 1.45 bits per heavy atom. The van der Waals surface area contributed by atoms with Crippen LogP contribution in [0.3, 0.4) is 0 Å². The highest BCUT2D eigenvalue weighted by Crippen LogP contribution is 2.39. The van der Waals surface area contributed by atoms with E-state index in [0.717, 1.165) is 33.3 Å².